The van der Waals surface area contributed by atoms with Gasteiger partial charge in [-0.05, 0) is 55.8 Å². The van der Waals surface area contributed by atoms with Gasteiger partial charge in [-0.3, -0.25) is 9.69 Å². The zero-order valence-corrected chi connectivity index (χ0v) is 14.9. The molecule has 0 spiro atoms. The van der Waals surface area contributed by atoms with E-state index in [1.54, 1.807) is 0 Å². The molecule has 1 aliphatic rings. The van der Waals surface area contributed by atoms with Crippen molar-refractivity contribution in [3.63, 3.8) is 0 Å². The van der Waals surface area contributed by atoms with Crippen molar-refractivity contribution in [1.82, 2.24) is 10.2 Å². The van der Waals surface area contributed by atoms with E-state index in [0.717, 1.165) is 37.2 Å². The molecule has 2 aromatic carbocycles. The van der Waals surface area contributed by atoms with E-state index >= 15 is 0 Å². The quantitative estimate of drug-likeness (QED) is 0.786. The summed E-state index contributed by atoms with van der Waals surface area (Å²) in [5, 5.41) is 3.00. The molecule has 0 radical (unpaired) electrons. The number of amides is 1. The Kier molecular flexibility index (Phi) is 6.61. The second kappa shape index (κ2) is 9.34. The number of para-hydroxylation sites is 1. The summed E-state index contributed by atoms with van der Waals surface area (Å²) < 4.78 is 18.8. The maximum Gasteiger partial charge on any atom is 0.223 e. The van der Waals surface area contributed by atoms with Gasteiger partial charge in [-0.2, -0.15) is 0 Å². The molecule has 26 heavy (non-hydrogen) atoms. The Morgan fingerprint density at radius 2 is 1.77 bits per heavy atom. The van der Waals surface area contributed by atoms with Crippen LogP contribution in [0.25, 0.3) is 0 Å². The van der Waals surface area contributed by atoms with Crippen LogP contribution in [-0.4, -0.2) is 37.0 Å². The minimum Gasteiger partial charge on any atom is -0.493 e. The highest BCUT2D eigenvalue weighted by Gasteiger charge is 2.23. The van der Waals surface area contributed by atoms with Crippen molar-refractivity contribution in [2.45, 2.75) is 25.3 Å². The second-order valence-electron chi connectivity index (χ2n) is 6.53. The molecule has 4 nitrogen and oxygen atoms in total. The molecular weight excluding hydrogens is 331 g/mol. The molecule has 1 amide bonds. The molecule has 3 rings (SSSR count). The first-order valence-electron chi connectivity index (χ1n) is 9.16. The SMILES string of the molecule is O=C(CCOc1ccccc1)NC[C@@H](c1ccc(F)cc1)N1CCCC1. The van der Waals surface area contributed by atoms with Gasteiger partial charge in [0, 0.05) is 6.54 Å². The zero-order valence-electron chi connectivity index (χ0n) is 14.9. The van der Waals surface area contributed by atoms with Crippen molar-refractivity contribution < 1.29 is 13.9 Å². The lowest BCUT2D eigenvalue weighted by molar-refractivity contribution is -0.121. The fraction of sp³-hybridized carbons (Fsp3) is 0.381. The third-order valence-corrected chi connectivity index (χ3v) is 4.67. The van der Waals surface area contributed by atoms with Crippen LogP contribution in [0.5, 0.6) is 5.75 Å². The first kappa shape index (κ1) is 18.4. The van der Waals surface area contributed by atoms with Crippen LogP contribution in [0.3, 0.4) is 0 Å². The summed E-state index contributed by atoms with van der Waals surface area (Å²) in [6.45, 7) is 2.89. The molecule has 2 aromatic rings. The molecule has 0 unspecified atom stereocenters. The molecule has 1 fully saturated rings. The predicted molar refractivity (Wildman–Crippen MR) is 99.5 cm³/mol. The highest BCUT2D eigenvalue weighted by atomic mass is 19.1. The number of nitrogens with one attached hydrogen (secondary N) is 1. The first-order chi connectivity index (χ1) is 12.7. The van der Waals surface area contributed by atoms with Crippen molar-refractivity contribution in [3.05, 3.63) is 66.0 Å². The van der Waals surface area contributed by atoms with Gasteiger partial charge in [0.05, 0.1) is 19.1 Å². The number of carbonyl (C=O) groups is 1. The Morgan fingerprint density at radius 3 is 2.46 bits per heavy atom. The van der Waals surface area contributed by atoms with E-state index in [2.05, 4.69) is 10.2 Å². The summed E-state index contributed by atoms with van der Waals surface area (Å²) in [6.07, 6.45) is 2.64. The van der Waals surface area contributed by atoms with Crippen LogP contribution in [0.15, 0.2) is 54.6 Å². The summed E-state index contributed by atoms with van der Waals surface area (Å²) in [5.74, 6) is 0.491. The molecule has 5 heteroatoms. The van der Waals surface area contributed by atoms with Crippen molar-refractivity contribution in [3.8, 4) is 5.75 Å². The highest BCUT2D eigenvalue weighted by molar-refractivity contribution is 5.76. The molecule has 1 atom stereocenters. The molecular formula is C21H25FN2O2. The van der Waals surface area contributed by atoms with E-state index < -0.39 is 0 Å². The number of rotatable bonds is 8. The Labute approximate surface area is 154 Å². The third kappa shape index (κ3) is 5.30. The molecule has 1 N–H and O–H groups in total. The maximum absolute atomic E-state index is 13.2. The third-order valence-electron chi connectivity index (χ3n) is 4.67. The molecule has 0 aromatic heterocycles. The monoisotopic (exact) mass is 356 g/mol. The van der Waals surface area contributed by atoms with Crippen LogP contribution < -0.4 is 10.1 Å². The van der Waals surface area contributed by atoms with Crippen LogP contribution in [0, 0.1) is 5.82 Å². The normalized spacial score (nSPS) is 15.6. The lowest BCUT2D eigenvalue weighted by atomic mass is 10.1. The minimum absolute atomic E-state index is 0.0350. The highest BCUT2D eigenvalue weighted by Crippen LogP contribution is 2.24. The summed E-state index contributed by atoms with van der Waals surface area (Å²) >= 11 is 0. The van der Waals surface area contributed by atoms with E-state index in [0.29, 0.717) is 19.6 Å². The molecule has 138 valence electrons. The minimum atomic E-state index is -0.240. The van der Waals surface area contributed by atoms with E-state index in [1.807, 2.05) is 42.5 Å². The van der Waals surface area contributed by atoms with Gasteiger partial charge in [-0.25, -0.2) is 4.39 Å². The number of benzene rings is 2. The van der Waals surface area contributed by atoms with Gasteiger partial charge in [0.2, 0.25) is 5.91 Å². The lowest BCUT2D eigenvalue weighted by Gasteiger charge is -2.28. The van der Waals surface area contributed by atoms with Gasteiger partial charge in [0.1, 0.15) is 11.6 Å². The molecule has 0 aliphatic carbocycles. The van der Waals surface area contributed by atoms with Gasteiger partial charge in [-0.15, -0.1) is 0 Å². The summed E-state index contributed by atoms with van der Waals surface area (Å²) in [5.41, 5.74) is 1.04. The second-order valence-corrected chi connectivity index (χ2v) is 6.53. The molecule has 0 saturated carbocycles. The fourth-order valence-electron chi connectivity index (χ4n) is 3.27. The summed E-state index contributed by atoms with van der Waals surface area (Å²) in [6, 6.07) is 16.1. The average molecular weight is 356 g/mol. The van der Waals surface area contributed by atoms with Crippen LogP contribution in [-0.2, 0) is 4.79 Å². The van der Waals surface area contributed by atoms with Gasteiger partial charge in [-0.1, -0.05) is 30.3 Å². The fourth-order valence-corrected chi connectivity index (χ4v) is 3.27. The number of likely N-dealkylation sites (tertiary alicyclic amines) is 1. The summed E-state index contributed by atoms with van der Waals surface area (Å²) in [7, 11) is 0. The van der Waals surface area contributed by atoms with E-state index in [1.165, 1.54) is 12.1 Å². The topological polar surface area (TPSA) is 41.6 Å². The number of ether oxygens (including phenoxy) is 1. The first-order valence-corrected chi connectivity index (χ1v) is 9.16. The number of nitrogens with zero attached hydrogens (tertiary/aromatic N) is 1. The van der Waals surface area contributed by atoms with Crippen LogP contribution in [0.1, 0.15) is 30.9 Å². The van der Waals surface area contributed by atoms with Gasteiger partial charge < -0.3 is 10.1 Å². The predicted octanol–water partition coefficient (Wildman–Crippen LogP) is 3.55. The van der Waals surface area contributed by atoms with Gasteiger partial charge in [0.25, 0.3) is 0 Å². The van der Waals surface area contributed by atoms with E-state index in [4.69, 9.17) is 4.74 Å². The standard InChI is InChI=1S/C21H25FN2O2/c22-18-10-8-17(9-11-18)20(24-13-4-5-14-24)16-23-21(25)12-15-26-19-6-2-1-3-7-19/h1-3,6-11,20H,4-5,12-16H2,(H,23,25)/t20-/m0/s1. The summed E-state index contributed by atoms with van der Waals surface area (Å²) in [4.78, 5) is 14.5. The Morgan fingerprint density at radius 1 is 1.08 bits per heavy atom. The zero-order chi connectivity index (χ0) is 18.2. The van der Waals surface area contributed by atoms with Gasteiger partial charge >= 0.3 is 0 Å². The Hall–Kier alpha value is -2.40. The number of hydrogen-bond acceptors (Lipinski definition) is 3. The molecule has 1 aliphatic heterocycles. The van der Waals surface area contributed by atoms with Gasteiger partial charge in [0.15, 0.2) is 0 Å². The van der Waals surface area contributed by atoms with Crippen molar-refractivity contribution >= 4 is 5.91 Å². The number of halogens is 1. The van der Waals surface area contributed by atoms with Crippen LogP contribution in [0.4, 0.5) is 4.39 Å². The molecule has 1 saturated heterocycles. The average Bonchev–Trinajstić information content (AvgIpc) is 3.19. The Bertz CT molecular complexity index is 685. The Balaban J connectivity index is 1.50. The number of carbonyl (C=O) groups excluding carboxylic acids is 1. The molecule has 1 heterocycles. The van der Waals surface area contributed by atoms with Crippen molar-refractivity contribution in [2.75, 3.05) is 26.2 Å². The molecule has 0 bridgehead atoms. The van der Waals surface area contributed by atoms with Crippen molar-refractivity contribution in [1.29, 1.82) is 0 Å². The van der Waals surface area contributed by atoms with E-state index in [-0.39, 0.29) is 17.8 Å². The maximum atomic E-state index is 13.2. The van der Waals surface area contributed by atoms with Crippen molar-refractivity contribution in [2.24, 2.45) is 0 Å². The van der Waals surface area contributed by atoms with E-state index in [9.17, 15) is 9.18 Å². The van der Waals surface area contributed by atoms with Crippen LogP contribution in [0.2, 0.25) is 0 Å². The smallest absolute Gasteiger partial charge is 0.223 e. The van der Waals surface area contributed by atoms with Crippen LogP contribution >= 0.6 is 0 Å². The lowest BCUT2D eigenvalue weighted by Crippen LogP contribution is -2.37. The largest absolute Gasteiger partial charge is 0.493 e. The number of hydrogen-bond donors (Lipinski definition) is 1.